The highest BCUT2D eigenvalue weighted by Gasteiger charge is 2.06. The average molecular weight is 285 g/mol. The number of nitrogens with one attached hydrogen (secondary N) is 1. The summed E-state index contributed by atoms with van der Waals surface area (Å²) in [6, 6.07) is 14.3. The van der Waals surface area contributed by atoms with Crippen molar-refractivity contribution in [2.24, 2.45) is 0 Å². The van der Waals surface area contributed by atoms with Crippen molar-refractivity contribution < 1.29 is 14.3 Å². The molecule has 4 nitrogen and oxygen atoms in total. The predicted octanol–water partition coefficient (Wildman–Crippen LogP) is 3.74. The molecule has 2 rings (SSSR count). The van der Waals surface area contributed by atoms with E-state index in [1.54, 1.807) is 55.6 Å². The summed E-state index contributed by atoms with van der Waals surface area (Å²) in [6.45, 7) is 2.73. The molecule has 0 aliphatic rings. The van der Waals surface area contributed by atoms with Gasteiger partial charge in [-0.15, -0.1) is 0 Å². The Hall–Kier alpha value is -2.49. The molecule has 110 valence electrons. The van der Waals surface area contributed by atoms with Gasteiger partial charge in [-0.2, -0.15) is 0 Å². The molecule has 0 heterocycles. The lowest BCUT2D eigenvalue weighted by Crippen LogP contribution is -2.11. The number of carbonyl (C=O) groups is 1. The van der Waals surface area contributed by atoms with Crippen LogP contribution in [0.15, 0.2) is 48.5 Å². The highest BCUT2D eigenvalue weighted by Crippen LogP contribution is 2.17. The number of ether oxygens (including phenoxy) is 2. The maximum absolute atomic E-state index is 12.1. The fraction of sp³-hybridized carbons (Fsp3) is 0.235. The molecule has 0 radical (unpaired) electrons. The molecule has 0 bridgehead atoms. The molecule has 0 atom stereocenters. The van der Waals surface area contributed by atoms with E-state index in [1.165, 1.54) is 0 Å². The van der Waals surface area contributed by atoms with Crippen LogP contribution in [0.25, 0.3) is 0 Å². The summed E-state index contributed by atoms with van der Waals surface area (Å²) < 4.78 is 10.6. The third-order valence-corrected chi connectivity index (χ3v) is 2.94. The summed E-state index contributed by atoms with van der Waals surface area (Å²) in [5.41, 5.74) is 1.32. The van der Waals surface area contributed by atoms with Crippen LogP contribution in [0.4, 0.5) is 5.69 Å². The second-order valence-electron chi connectivity index (χ2n) is 4.56. The number of amides is 1. The minimum absolute atomic E-state index is 0.151. The summed E-state index contributed by atoms with van der Waals surface area (Å²) in [7, 11) is 1.61. The molecule has 0 spiro atoms. The van der Waals surface area contributed by atoms with Gasteiger partial charge in [0.15, 0.2) is 0 Å². The molecule has 2 aromatic carbocycles. The lowest BCUT2D eigenvalue weighted by atomic mass is 10.2. The van der Waals surface area contributed by atoms with E-state index >= 15 is 0 Å². The van der Waals surface area contributed by atoms with E-state index in [4.69, 9.17) is 9.47 Å². The lowest BCUT2D eigenvalue weighted by Gasteiger charge is -2.08. The van der Waals surface area contributed by atoms with Gasteiger partial charge in [0.05, 0.1) is 13.7 Å². The third-order valence-electron chi connectivity index (χ3n) is 2.94. The molecular weight excluding hydrogens is 266 g/mol. The van der Waals surface area contributed by atoms with Gasteiger partial charge in [0.2, 0.25) is 0 Å². The molecule has 0 saturated carbocycles. The Kier molecular flexibility index (Phi) is 5.21. The number of methoxy groups -OCH3 is 1. The first kappa shape index (κ1) is 14.9. The van der Waals surface area contributed by atoms with Gasteiger partial charge in [-0.1, -0.05) is 6.92 Å². The van der Waals surface area contributed by atoms with E-state index in [2.05, 4.69) is 12.2 Å². The topological polar surface area (TPSA) is 47.6 Å². The van der Waals surface area contributed by atoms with Crippen LogP contribution >= 0.6 is 0 Å². The molecule has 1 N–H and O–H groups in total. The maximum Gasteiger partial charge on any atom is 0.255 e. The number of carbonyl (C=O) groups excluding carboxylic acids is 1. The van der Waals surface area contributed by atoms with Crippen LogP contribution in [0.3, 0.4) is 0 Å². The van der Waals surface area contributed by atoms with E-state index in [9.17, 15) is 4.79 Å². The zero-order valence-corrected chi connectivity index (χ0v) is 12.3. The smallest absolute Gasteiger partial charge is 0.255 e. The molecule has 0 aromatic heterocycles. The van der Waals surface area contributed by atoms with E-state index in [1.807, 2.05) is 0 Å². The highest BCUT2D eigenvalue weighted by molar-refractivity contribution is 6.04. The third kappa shape index (κ3) is 4.24. The SMILES string of the molecule is CCCOc1ccc(C(=O)Nc2ccc(OC)cc2)cc1. The Morgan fingerprint density at radius 2 is 1.62 bits per heavy atom. The average Bonchev–Trinajstić information content (AvgIpc) is 2.54. The van der Waals surface area contributed by atoms with Gasteiger partial charge in [0.1, 0.15) is 11.5 Å². The fourth-order valence-electron chi connectivity index (χ4n) is 1.80. The Morgan fingerprint density at radius 3 is 2.19 bits per heavy atom. The monoisotopic (exact) mass is 285 g/mol. The molecule has 0 fully saturated rings. The van der Waals surface area contributed by atoms with Gasteiger partial charge < -0.3 is 14.8 Å². The summed E-state index contributed by atoms with van der Waals surface area (Å²) in [4.78, 5) is 12.1. The maximum atomic E-state index is 12.1. The summed E-state index contributed by atoms with van der Waals surface area (Å²) in [5.74, 6) is 1.38. The van der Waals surface area contributed by atoms with Crippen molar-refractivity contribution in [3.8, 4) is 11.5 Å². The first-order valence-corrected chi connectivity index (χ1v) is 6.91. The zero-order chi connectivity index (χ0) is 15.1. The number of anilines is 1. The van der Waals surface area contributed by atoms with Gasteiger partial charge in [-0.25, -0.2) is 0 Å². The summed E-state index contributed by atoms with van der Waals surface area (Å²) in [6.07, 6.45) is 0.958. The van der Waals surface area contributed by atoms with Gasteiger partial charge in [0, 0.05) is 11.3 Å². The van der Waals surface area contributed by atoms with E-state index in [0.29, 0.717) is 12.2 Å². The van der Waals surface area contributed by atoms with Crippen LogP contribution in [-0.2, 0) is 0 Å². The number of rotatable bonds is 6. The molecule has 0 aliphatic heterocycles. The minimum Gasteiger partial charge on any atom is -0.497 e. The van der Waals surface area contributed by atoms with E-state index in [0.717, 1.165) is 23.6 Å². The van der Waals surface area contributed by atoms with Crippen molar-refractivity contribution in [2.45, 2.75) is 13.3 Å². The fourth-order valence-corrected chi connectivity index (χ4v) is 1.80. The molecule has 0 saturated heterocycles. The second kappa shape index (κ2) is 7.33. The number of benzene rings is 2. The van der Waals surface area contributed by atoms with E-state index in [-0.39, 0.29) is 5.91 Å². The lowest BCUT2D eigenvalue weighted by molar-refractivity contribution is 0.102. The molecular formula is C17H19NO3. The number of hydrogen-bond acceptors (Lipinski definition) is 3. The van der Waals surface area contributed by atoms with Gasteiger partial charge in [-0.3, -0.25) is 4.79 Å². The molecule has 2 aromatic rings. The first-order valence-electron chi connectivity index (χ1n) is 6.91. The van der Waals surface area contributed by atoms with Crippen molar-refractivity contribution in [1.82, 2.24) is 0 Å². The Balaban J connectivity index is 1.98. The van der Waals surface area contributed by atoms with Gasteiger partial charge in [-0.05, 0) is 55.0 Å². The van der Waals surface area contributed by atoms with Gasteiger partial charge >= 0.3 is 0 Å². The quantitative estimate of drug-likeness (QED) is 0.879. The Bertz CT molecular complexity index is 576. The summed E-state index contributed by atoms with van der Waals surface area (Å²) >= 11 is 0. The van der Waals surface area contributed by atoms with Crippen LogP contribution < -0.4 is 14.8 Å². The second-order valence-corrected chi connectivity index (χ2v) is 4.56. The van der Waals surface area contributed by atoms with Crippen molar-refractivity contribution in [1.29, 1.82) is 0 Å². The van der Waals surface area contributed by atoms with Gasteiger partial charge in [0.25, 0.3) is 5.91 Å². The molecule has 21 heavy (non-hydrogen) atoms. The van der Waals surface area contributed by atoms with Crippen LogP contribution in [0, 0.1) is 0 Å². The van der Waals surface area contributed by atoms with Crippen molar-refractivity contribution >= 4 is 11.6 Å². The first-order chi connectivity index (χ1) is 10.2. The van der Waals surface area contributed by atoms with Crippen LogP contribution in [-0.4, -0.2) is 19.6 Å². The Morgan fingerprint density at radius 1 is 1.00 bits per heavy atom. The molecule has 1 amide bonds. The zero-order valence-electron chi connectivity index (χ0n) is 12.3. The van der Waals surface area contributed by atoms with Crippen LogP contribution in [0.5, 0.6) is 11.5 Å². The normalized spacial score (nSPS) is 10.0. The van der Waals surface area contributed by atoms with Crippen LogP contribution in [0.1, 0.15) is 23.7 Å². The highest BCUT2D eigenvalue weighted by atomic mass is 16.5. The largest absolute Gasteiger partial charge is 0.497 e. The molecule has 0 aliphatic carbocycles. The minimum atomic E-state index is -0.151. The predicted molar refractivity (Wildman–Crippen MR) is 83.2 cm³/mol. The Labute approximate surface area is 124 Å². The summed E-state index contributed by atoms with van der Waals surface area (Å²) in [5, 5.41) is 2.84. The molecule has 0 unspecified atom stereocenters. The van der Waals surface area contributed by atoms with E-state index < -0.39 is 0 Å². The van der Waals surface area contributed by atoms with Crippen molar-refractivity contribution in [3.63, 3.8) is 0 Å². The van der Waals surface area contributed by atoms with Crippen molar-refractivity contribution in [2.75, 3.05) is 19.0 Å². The molecule has 4 heteroatoms. The van der Waals surface area contributed by atoms with Crippen molar-refractivity contribution in [3.05, 3.63) is 54.1 Å². The van der Waals surface area contributed by atoms with Crippen LogP contribution in [0.2, 0.25) is 0 Å². The standard InChI is InChI=1S/C17H19NO3/c1-3-12-21-16-8-4-13(5-9-16)17(19)18-14-6-10-15(20-2)11-7-14/h4-11H,3,12H2,1-2H3,(H,18,19). The number of hydrogen-bond donors (Lipinski definition) is 1.